The summed E-state index contributed by atoms with van der Waals surface area (Å²) in [5, 5.41) is 5.01. The van der Waals surface area contributed by atoms with Crippen LogP contribution < -0.4 is 0 Å². The number of benzene rings is 7. The first-order valence-electron chi connectivity index (χ1n) is 15.5. The zero-order chi connectivity index (χ0) is 30.6. The minimum absolute atomic E-state index is 1.11. The van der Waals surface area contributed by atoms with Crippen LogP contribution in [-0.2, 0) is 0 Å². The molecule has 0 saturated heterocycles. The summed E-state index contributed by atoms with van der Waals surface area (Å²) in [6, 6.07) is 55.1. The van der Waals surface area contributed by atoms with Crippen molar-refractivity contribution in [2.24, 2.45) is 0 Å². The van der Waals surface area contributed by atoms with Crippen molar-refractivity contribution in [1.82, 2.24) is 0 Å². The molecule has 0 heterocycles. The molecule has 0 fully saturated rings. The molecular formula is C45H34. The van der Waals surface area contributed by atoms with E-state index in [1.54, 1.807) is 0 Å². The summed E-state index contributed by atoms with van der Waals surface area (Å²) in [4.78, 5) is 0. The summed E-state index contributed by atoms with van der Waals surface area (Å²) in [5.41, 5.74) is 12.1. The van der Waals surface area contributed by atoms with E-state index in [1.165, 1.54) is 66.1 Å². The molecule has 0 N–H and O–H groups in total. The lowest BCUT2D eigenvalue weighted by molar-refractivity contribution is 1.58. The van der Waals surface area contributed by atoms with E-state index in [0.717, 1.165) is 11.1 Å². The second kappa shape index (κ2) is 12.5. The third kappa shape index (κ3) is 5.55. The number of fused-ring (bicyclic) bond motifs is 2. The van der Waals surface area contributed by atoms with Gasteiger partial charge in [0.25, 0.3) is 0 Å². The van der Waals surface area contributed by atoms with Crippen LogP contribution in [0.5, 0.6) is 0 Å². The summed E-state index contributed by atoms with van der Waals surface area (Å²) in [6.07, 6.45) is 8.19. The molecule has 0 spiro atoms. The fourth-order valence-electron chi connectivity index (χ4n) is 6.35. The first kappa shape index (κ1) is 28.1. The van der Waals surface area contributed by atoms with Crippen molar-refractivity contribution in [3.8, 4) is 44.5 Å². The lowest BCUT2D eigenvalue weighted by Gasteiger charge is -2.19. The molecule has 0 heteroatoms. The van der Waals surface area contributed by atoms with Gasteiger partial charge in [0.2, 0.25) is 0 Å². The molecule has 0 nitrogen and oxygen atoms in total. The third-order valence-corrected chi connectivity index (χ3v) is 8.60. The van der Waals surface area contributed by atoms with Crippen LogP contribution in [0.1, 0.15) is 12.5 Å². The van der Waals surface area contributed by atoms with Gasteiger partial charge >= 0.3 is 0 Å². The summed E-state index contributed by atoms with van der Waals surface area (Å²) in [7, 11) is 0. The molecule has 0 radical (unpaired) electrons. The Bertz CT molecular complexity index is 2080. The van der Waals surface area contributed by atoms with Gasteiger partial charge in [-0.2, -0.15) is 0 Å². The molecule has 214 valence electrons. The smallest absolute Gasteiger partial charge is 0.00259 e. The lowest BCUT2D eigenvalue weighted by atomic mass is 9.84. The molecule has 45 heavy (non-hydrogen) atoms. The van der Waals surface area contributed by atoms with Gasteiger partial charge in [0.05, 0.1) is 0 Å². The van der Waals surface area contributed by atoms with E-state index < -0.39 is 0 Å². The average Bonchev–Trinajstić information content (AvgIpc) is 3.12. The third-order valence-electron chi connectivity index (χ3n) is 8.60. The van der Waals surface area contributed by atoms with E-state index in [2.05, 4.69) is 176 Å². The molecule has 0 amide bonds. The predicted octanol–water partition coefficient (Wildman–Crippen LogP) is 12.8. The predicted molar refractivity (Wildman–Crippen MR) is 196 cm³/mol. The highest BCUT2D eigenvalue weighted by molar-refractivity contribution is 6.21. The van der Waals surface area contributed by atoms with Crippen LogP contribution in [0, 0.1) is 0 Å². The second-order valence-corrected chi connectivity index (χ2v) is 11.3. The van der Waals surface area contributed by atoms with Gasteiger partial charge in [0, 0.05) is 0 Å². The molecular weight excluding hydrogens is 540 g/mol. The van der Waals surface area contributed by atoms with Crippen LogP contribution in [0.25, 0.3) is 72.1 Å². The molecule has 7 aromatic carbocycles. The molecule has 0 saturated carbocycles. The molecule has 0 aromatic heterocycles. The maximum Gasteiger partial charge on any atom is -0.00259 e. The van der Waals surface area contributed by atoms with E-state index in [-0.39, 0.29) is 0 Å². The SMILES string of the molecule is C=CC(C=Cc1ccc(-c2c3ccccc3c(-c3cc(-c4ccccc4)cc(-c4ccccc4)c3)c3ccccc23)cc1)=CC. The minimum Gasteiger partial charge on any atom is -0.0985 e. The number of hydrogen-bond donors (Lipinski definition) is 0. The van der Waals surface area contributed by atoms with Gasteiger partial charge in [-0.15, -0.1) is 0 Å². The fraction of sp³-hybridized carbons (Fsp3) is 0.0222. The summed E-state index contributed by atoms with van der Waals surface area (Å²) in [6.45, 7) is 5.94. The summed E-state index contributed by atoms with van der Waals surface area (Å²) >= 11 is 0. The van der Waals surface area contributed by atoms with Crippen molar-refractivity contribution in [3.05, 3.63) is 188 Å². The van der Waals surface area contributed by atoms with E-state index in [9.17, 15) is 0 Å². The van der Waals surface area contributed by atoms with Gasteiger partial charge in [-0.1, -0.05) is 164 Å². The normalized spacial score (nSPS) is 11.8. The average molecular weight is 575 g/mol. The van der Waals surface area contributed by atoms with Crippen LogP contribution in [0.3, 0.4) is 0 Å². The first-order valence-corrected chi connectivity index (χ1v) is 15.5. The molecule has 7 aromatic rings. The van der Waals surface area contributed by atoms with Crippen LogP contribution >= 0.6 is 0 Å². The molecule has 0 unspecified atom stereocenters. The Balaban J connectivity index is 1.47. The molecule has 0 aliphatic carbocycles. The van der Waals surface area contributed by atoms with Gasteiger partial charge in [-0.3, -0.25) is 0 Å². The summed E-state index contributed by atoms with van der Waals surface area (Å²) in [5.74, 6) is 0. The lowest BCUT2D eigenvalue weighted by Crippen LogP contribution is -1.92. The molecule has 0 aliphatic heterocycles. The maximum absolute atomic E-state index is 3.91. The standard InChI is InChI=1S/C45H34/c1-3-32(4-2)23-24-33-25-27-36(28-26-33)44-40-19-11-13-21-42(40)45(43-22-14-12-20-41(43)44)39-30-37(34-15-7-5-8-16-34)29-38(31-39)35-17-9-6-10-18-35/h3-31H,1H2,2H3. The van der Waals surface area contributed by atoms with Crippen LogP contribution in [0.2, 0.25) is 0 Å². The van der Waals surface area contributed by atoms with Crippen molar-refractivity contribution < 1.29 is 0 Å². The van der Waals surface area contributed by atoms with E-state index in [4.69, 9.17) is 0 Å². The number of rotatable bonds is 7. The van der Waals surface area contributed by atoms with Crippen LogP contribution in [0.15, 0.2) is 182 Å². The van der Waals surface area contributed by atoms with Gasteiger partial charge in [-0.05, 0) is 102 Å². The highest BCUT2D eigenvalue weighted by atomic mass is 14.2. The summed E-state index contributed by atoms with van der Waals surface area (Å²) < 4.78 is 0. The Labute approximate surface area is 266 Å². The van der Waals surface area contributed by atoms with Gasteiger partial charge in [0.15, 0.2) is 0 Å². The Hall–Kier alpha value is -5.72. The van der Waals surface area contributed by atoms with Crippen LogP contribution in [-0.4, -0.2) is 0 Å². The second-order valence-electron chi connectivity index (χ2n) is 11.3. The van der Waals surface area contributed by atoms with Gasteiger partial charge < -0.3 is 0 Å². The van der Waals surface area contributed by atoms with Gasteiger partial charge in [-0.25, -0.2) is 0 Å². The van der Waals surface area contributed by atoms with Crippen molar-refractivity contribution in [2.45, 2.75) is 6.92 Å². The molecule has 0 atom stereocenters. The zero-order valence-electron chi connectivity index (χ0n) is 25.5. The van der Waals surface area contributed by atoms with E-state index in [0.29, 0.717) is 0 Å². The van der Waals surface area contributed by atoms with Crippen molar-refractivity contribution in [2.75, 3.05) is 0 Å². The molecule has 0 aliphatic rings. The van der Waals surface area contributed by atoms with Crippen molar-refractivity contribution in [1.29, 1.82) is 0 Å². The quantitative estimate of drug-likeness (QED) is 0.131. The largest absolute Gasteiger partial charge is 0.0985 e. The molecule has 0 bridgehead atoms. The van der Waals surface area contributed by atoms with Gasteiger partial charge in [0.1, 0.15) is 0 Å². The van der Waals surface area contributed by atoms with E-state index in [1.807, 2.05) is 13.0 Å². The first-order chi connectivity index (χ1) is 22.2. The van der Waals surface area contributed by atoms with Crippen molar-refractivity contribution in [3.63, 3.8) is 0 Å². The topological polar surface area (TPSA) is 0 Å². The number of hydrogen-bond acceptors (Lipinski definition) is 0. The van der Waals surface area contributed by atoms with E-state index >= 15 is 0 Å². The minimum atomic E-state index is 1.11. The highest BCUT2D eigenvalue weighted by Gasteiger charge is 2.18. The van der Waals surface area contributed by atoms with Crippen LogP contribution in [0.4, 0.5) is 0 Å². The fourth-order valence-corrected chi connectivity index (χ4v) is 6.35. The van der Waals surface area contributed by atoms with Crippen molar-refractivity contribution >= 4 is 27.6 Å². The molecule has 7 rings (SSSR count). The Morgan fingerprint density at radius 2 is 0.867 bits per heavy atom. The zero-order valence-corrected chi connectivity index (χ0v) is 25.5. The maximum atomic E-state index is 3.91. The highest BCUT2D eigenvalue weighted by Crippen LogP contribution is 2.45. The Morgan fingerprint density at radius 1 is 0.444 bits per heavy atom. The Kier molecular flexibility index (Phi) is 7.79. The Morgan fingerprint density at radius 3 is 1.31 bits per heavy atom. The monoisotopic (exact) mass is 574 g/mol. The number of allylic oxidation sites excluding steroid dienone is 4.